The molecule has 5 rings (SSSR count). The molecule has 144 valence electrons. The van der Waals surface area contributed by atoms with Crippen LogP contribution in [0.5, 0.6) is 0 Å². The van der Waals surface area contributed by atoms with Crippen LogP contribution in [0.4, 0.5) is 0 Å². The van der Waals surface area contributed by atoms with E-state index < -0.39 is 16.4 Å². The van der Waals surface area contributed by atoms with Crippen LogP contribution in [0.3, 0.4) is 0 Å². The Hall–Kier alpha value is -2.52. The van der Waals surface area contributed by atoms with E-state index in [4.69, 9.17) is 4.74 Å². The average Bonchev–Trinajstić information content (AvgIpc) is 2.95. The highest BCUT2D eigenvalue weighted by Crippen LogP contribution is 2.69. The monoisotopic (exact) mass is 374 g/mol. The lowest BCUT2D eigenvalue weighted by Crippen LogP contribution is -2.66. The maximum Gasteiger partial charge on any atom is 0.189 e. The first-order valence-corrected chi connectivity index (χ1v) is 9.86. The van der Waals surface area contributed by atoms with Crippen LogP contribution in [0.2, 0.25) is 0 Å². The summed E-state index contributed by atoms with van der Waals surface area (Å²) in [6.07, 6.45) is 9.55. The first-order chi connectivity index (χ1) is 13.5. The van der Waals surface area contributed by atoms with Crippen molar-refractivity contribution in [2.24, 2.45) is 16.7 Å². The summed E-state index contributed by atoms with van der Waals surface area (Å²) in [6.45, 7) is 12.2. The molecule has 1 aromatic rings. The number of ether oxygens (including phenoxy) is 1. The van der Waals surface area contributed by atoms with Crippen molar-refractivity contribution in [2.45, 2.75) is 31.3 Å². The van der Waals surface area contributed by atoms with Gasteiger partial charge in [0.15, 0.2) is 11.6 Å². The third-order valence-electron chi connectivity index (χ3n) is 7.01. The van der Waals surface area contributed by atoms with E-state index in [1.807, 2.05) is 36.4 Å². The quantitative estimate of drug-likeness (QED) is 0.482. The van der Waals surface area contributed by atoms with Gasteiger partial charge in [-0.1, -0.05) is 54.6 Å². The molecule has 4 atom stereocenters. The minimum atomic E-state index is -0.963. The van der Waals surface area contributed by atoms with E-state index in [0.29, 0.717) is 43.4 Å². The molecule has 1 saturated heterocycles. The number of ketones is 2. The second kappa shape index (κ2) is 6.52. The van der Waals surface area contributed by atoms with E-state index >= 15 is 0 Å². The highest BCUT2D eigenvalue weighted by atomic mass is 16.5. The van der Waals surface area contributed by atoms with Crippen LogP contribution in [0.15, 0.2) is 79.9 Å². The van der Waals surface area contributed by atoms with Crippen molar-refractivity contribution < 1.29 is 14.3 Å². The Balaban J connectivity index is 1.97. The van der Waals surface area contributed by atoms with Crippen LogP contribution in [0.1, 0.15) is 36.0 Å². The minimum absolute atomic E-state index is 0.0113. The molecular weight excluding hydrogens is 348 g/mol. The fraction of sp³-hybridized carbons (Fsp3) is 0.360. The zero-order valence-electron chi connectivity index (χ0n) is 16.2. The molecule has 1 heterocycles. The Kier molecular flexibility index (Phi) is 4.39. The number of hydrogen-bond donors (Lipinski definition) is 0. The third-order valence-corrected chi connectivity index (χ3v) is 7.01. The maximum absolute atomic E-state index is 14.0. The molecule has 3 aliphatic carbocycles. The first kappa shape index (κ1) is 18.8. The Morgan fingerprint density at radius 2 is 1.75 bits per heavy atom. The Labute approximate surface area is 166 Å². The number of allylic oxidation sites excluding steroid dienone is 3. The van der Waals surface area contributed by atoms with Crippen molar-refractivity contribution >= 4 is 11.6 Å². The lowest BCUT2D eigenvalue weighted by Gasteiger charge is -2.58. The number of Topliss-reactive ketones (excluding diaryl/α,β-unsaturated/α-hetero) is 2. The van der Waals surface area contributed by atoms with Gasteiger partial charge in [-0.15, -0.1) is 19.7 Å². The molecule has 2 fully saturated rings. The zero-order valence-corrected chi connectivity index (χ0v) is 16.2. The molecule has 4 aliphatic rings. The van der Waals surface area contributed by atoms with Crippen LogP contribution in [0, 0.1) is 16.7 Å². The third kappa shape index (κ3) is 2.14. The molecular formula is C25H26O3. The van der Waals surface area contributed by atoms with E-state index in [-0.39, 0.29) is 17.5 Å². The Morgan fingerprint density at radius 1 is 1.07 bits per heavy atom. The standard InChI is InChI=1S/C25H26O3/c1-4-12-23-15-19-17-28-25(14-6-3,22(23)27)24(19,13-5-2)16-20(23)21(26)18-10-8-7-9-11-18/h4-11,16,19H,1-3,12-15,17H2/t19?,23-,24-,25+/m0/s1. The van der Waals surface area contributed by atoms with Gasteiger partial charge in [0, 0.05) is 23.0 Å². The lowest BCUT2D eigenvalue weighted by molar-refractivity contribution is -0.163. The fourth-order valence-electron chi connectivity index (χ4n) is 5.87. The van der Waals surface area contributed by atoms with E-state index in [9.17, 15) is 9.59 Å². The predicted octanol–water partition coefficient (Wildman–Crippen LogP) is 4.87. The van der Waals surface area contributed by atoms with Crippen LogP contribution in [-0.4, -0.2) is 23.8 Å². The van der Waals surface area contributed by atoms with Crippen molar-refractivity contribution in [2.75, 3.05) is 6.61 Å². The van der Waals surface area contributed by atoms with Crippen molar-refractivity contribution in [3.63, 3.8) is 0 Å². The summed E-state index contributed by atoms with van der Waals surface area (Å²) in [5, 5.41) is 0. The highest BCUT2D eigenvalue weighted by Gasteiger charge is 2.75. The molecule has 0 radical (unpaired) electrons. The summed E-state index contributed by atoms with van der Waals surface area (Å²) in [5.74, 6) is 0.115. The van der Waals surface area contributed by atoms with Crippen molar-refractivity contribution in [3.8, 4) is 0 Å². The van der Waals surface area contributed by atoms with Crippen LogP contribution in [0.25, 0.3) is 0 Å². The van der Waals surface area contributed by atoms with E-state index in [2.05, 4.69) is 25.8 Å². The molecule has 0 aromatic heterocycles. The number of carbonyl (C=O) groups excluding carboxylic acids is 2. The minimum Gasteiger partial charge on any atom is -0.366 e. The summed E-state index contributed by atoms with van der Waals surface area (Å²) in [6, 6.07) is 9.20. The molecule has 3 heteroatoms. The first-order valence-electron chi connectivity index (χ1n) is 9.86. The van der Waals surface area contributed by atoms with Gasteiger partial charge < -0.3 is 4.74 Å². The number of carbonyl (C=O) groups is 2. The second-order valence-corrected chi connectivity index (χ2v) is 8.22. The Bertz CT molecular complexity index is 896. The SMILES string of the molecule is C=CC[C@@]12CC3CO[C@](CC=C)(C1=O)[C@@]3(CC=C)C=C2C(=O)c1ccccc1. The number of hydrogen-bond acceptors (Lipinski definition) is 3. The Morgan fingerprint density at radius 3 is 2.39 bits per heavy atom. The van der Waals surface area contributed by atoms with Crippen molar-refractivity contribution in [1.29, 1.82) is 0 Å². The molecule has 0 N–H and O–H groups in total. The summed E-state index contributed by atoms with van der Waals surface area (Å²) >= 11 is 0. The van der Waals surface area contributed by atoms with Gasteiger partial charge in [-0.2, -0.15) is 0 Å². The van der Waals surface area contributed by atoms with Gasteiger partial charge in [0.2, 0.25) is 0 Å². The fourth-order valence-corrected chi connectivity index (χ4v) is 5.87. The van der Waals surface area contributed by atoms with Crippen LogP contribution in [-0.2, 0) is 9.53 Å². The predicted molar refractivity (Wildman–Crippen MR) is 110 cm³/mol. The molecule has 0 amide bonds. The summed E-state index contributed by atoms with van der Waals surface area (Å²) < 4.78 is 6.25. The van der Waals surface area contributed by atoms with Gasteiger partial charge in [0.1, 0.15) is 5.60 Å². The van der Waals surface area contributed by atoms with E-state index in [0.717, 1.165) is 0 Å². The van der Waals surface area contributed by atoms with Gasteiger partial charge >= 0.3 is 0 Å². The van der Waals surface area contributed by atoms with Crippen LogP contribution >= 0.6 is 0 Å². The normalized spacial score (nSPS) is 35.4. The lowest BCUT2D eigenvalue weighted by atomic mass is 9.42. The largest absolute Gasteiger partial charge is 0.366 e. The summed E-state index contributed by atoms with van der Waals surface area (Å²) in [7, 11) is 0. The molecule has 1 saturated carbocycles. The van der Waals surface area contributed by atoms with Gasteiger partial charge in [-0.3, -0.25) is 9.59 Å². The molecule has 28 heavy (non-hydrogen) atoms. The van der Waals surface area contributed by atoms with Crippen molar-refractivity contribution in [3.05, 3.63) is 85.5 Å². The summed E-state index contributed by atoms with van der Waals surface area (Å²) in [5.41, 5.74) is -1.16. The molecule has 3 nitrogen and oxygen atoms in total. The number of benzene rings is 1. The van der Waals surface area contributed by atoms with Gasteiger partial charge in [0.25, 0.3) is 0 Å². The molecule has 1 aliphatic heterocycles. The number of rotatable bonds is 8. The smallest absolute Gasteiger partial charge is 0.189 e. The van der Waals surface area contributed by atoms with E-state index in [1.54, 1.807) is 12.2 Å². The average molecular weight is 374 g/mol. The molecule has 1 aromatic carbocycles. The zero-order chi connectivity index (χ0) is 20.0. The molecule has 0 spiro atoms. The molecule has 1 unspecified atom stereocenters. The van der Waals surface area contributed by atoms with Crippen molar-refractivity contribution in [1.82, 2.24) is 0 Å². The highest BCUT2D eigenvalue weighted by molar-refractivity contribution is 6.16. The topological polar surface area (TPSA) is 43.4 Å². The van der Waals surface area contributed by atoms with Crippen LogP contribution < -0.4 is 0 Å². The second-order valence-electron chi connectivity index (χ2n) is 8.22. The van der Waals surface area contributed by atoms with Gasteiger partial charge in [-0.05, 0) is 25.2 Å². The molecule has 4 bridgehead atoms. The van der Waals surface area contributed by atoms with E-state index in [1.165, 1.54) is 0 Å². The summed E-state index contributed by atoms with van der Waals surface area (Å²) in [4.78, 5) is 27.6. The maximum atomic E-state index is 14.0. The van der Waals surface area contributed by atoms with Gasteiger partial charge in [-0.25, -0.2) is 0 Å². The van der Waals surface area contributed by atoms with Gasteiger partial charge in [0.05, 0.1) is 12.0 Å².